The topological polar surface area (TPSA) is 137 Å². The van der Waals surface area contributed by atoms with Crippen molar-refractivity contribution in [2.24, 2.45) is 0 Å². The summed E-state index contributed by atoms with van der Waals surface area (Å²) in [6, 6.07) is 3.00. The Kier molecular flexibility index (Phi) is 27.5. The van der Waals surface area contributed by atoms with Crippen LogP contribution in [0.25, 0.3) is 0 Å². The molecule has 1 aromatic rings. The maximum atomic E-state index is 13.4. The van der Waals surface area contributed by atoms with E-state index in [1.165, 1.54) is 12.1 Å². The lowest BCUT2D eigenvalue weighted by molar-refractivity contribution is 0.583. The molecule has 16 heteroatoms. The van der Waals surface area contributed by atoms with Crippen LogP contribution in [0.3, 0.4) is 0 Å². The van der Waals surface area contributed by atoms with Crippen LogP contribution in [0.1, 0.15) is 125 Å². The van der Waals surface area contributed by atoms with Crippen molar-refractivity contribution < 1.29 is 33.7 Å². The molecule has 50 heavy (non-hydrogen) atoms. The Morgan fingerprint density at radius 2 is 0.480 bits per heavy atom. The third-order valence-corrected chi connectivity index (χ3v) is 18.1. The summed E-state index contributed by atoms with van der Waals surface area (Å²) < 4.78 is 111. The van der Waals surface area contributed by atoms with Gasteiger partial charge >= 0.3 is 0 Å². The maximum absolute atomic E-state index is 13.4. The van der Waals surface area contributed by atoms with Crippen molar-refractivity contribution in [3.05, 3.63) is 34.4 Å². The molecule has 0 N–H and O–H groups in total. The number of hydrogen-bond acceptors (Lipinski definition) is 8. The van der Waals surface area contributed by atoms with E-state index in [4.69, 9.17) is 0 Å². The number of rotatable bonds is 32. The van der Waals surface area contributed by atoms with Crippen LogP contribution in [0.4, 0.5) is 0 Å². The molecule has 0 bridgehead atoms. The van der Waals surface area contributed by atoms with Crippen molar-refractivity contribution in [1.82, 2.24) is 0 Å². The molecule has 0 fully saturated rings. The van der Waals surface area contributed by atoms with Gasteiger partial charge in [-0.05, 0) is 91.3 Å². The fourth-order valence-corrected chi connectivity index (χ4v) is 13.9. The highest BCUT2D eigenvalue weighted by molar-refractivity contribution is 14.1. The van der Waals surface area contributed by atoms with Gasteiger partial charge in [0.2, 0.25) is 0 Å². The number of alkyl halides is 4. The van der Waals surface area contributed by atoms with Crippen molar-refractivity contribution in [1.29, 1.82) is 0 Å². The van der Waals surface area contributed by atoms with E-state index in [-0.39, 0.29) is 45.3 Å². The van der Waals surface area contributed by atoms with Gasteiger partial charge in [0.15, 0.2) is 39.3 Å². The molecule has 0 amide bonds. The zero-order valence-electron chi connectivity index (χ0n) is 29.4. The van der Waals surface area contributed by atoms with Crippen molar-refractivity contribution in [2.75, 3.05) is 40.7 Å². The normalized spacial score (nSPS) is 12.9. The molecule has 1 rings (SSSR count). The largest absolute Gasteiger partial charge is 0.228 e. The second-order valence-corrected chi connectivity index (χ2v) is 26.2. The molecular weight excluding hydrogens is 1170 g/mol. The summed E-state index contributed by atoms with van der Waals surface area (Å²) in [6.45, 7) is 0. The Hall–Kier alpha value is 1.94. The van der Waals surface area contributed by atoms with Gasteiger partial charge in [-0.3, -0.25) is 0 Å². The van der Waals surface area contributed by atoms with Gasteiger partial charge in [-0.25, -0.2) is 33.7 Å². The van der Waals surface area contributed by atoms with Crippen molar-refractivity contribution in [3.8, 4) is 0 Å². The molecule has 8 nitrogen and oxygen atoms in total. The molecule has 0 radical (unpaired) electrons. The summed E-state index contributed by atoms with van der Waals surface area (Å²) in [6.07, 6.45) is 12.9. The highest BCUT2D eigenvalue weighted by Crippen LogP contribution is 2.27. The smallest absolute Gasteiger partial charge is 0.154 e. The van der Waals surface area contributed by atoms with Crippen LogP contribution in [-0.2, 0) is 62.4 Å². The lowest BCUT2D eigenvalue weighted by Crippen LogP contribution is -2.18. The van der Waals surface area contributed by atoms with E-state index < -0.39 is 62.4 Å². The molecule has 0 saturated heterocycles. The fraction of sp³-hybridized carbons (Fsp3) is 0.824. The molecule has 1 aromatic carbocycles. The highest BCUT2D eigenvalue weighted by Gasteiger charge is 2.25. The van der Waals surface area contributed by atoms with E-state index in [0.29, 0.717) is 25.7 Å². The molecule has 0 unspecified atom stereocenters. The quantitative estimate of drug-likeness (QED) is 0.0396. The van der Waals surface area contributed by atoms with Gasteiger partial charge in [0.1, 0.15) is 0 Å². The molecule has 0 heterocycles. The van der Waals surface area contributed by atoms with Crippen LogP contribution >= 0.6 is 90.4 Å². The van der Waals surface area contributed by atoms with Gasteiger partial charge in [0.05, 0.1) is 46.0 Å². The maximum Gasteiger partial charge on any atom is 0.154 e. The summed E-state index contributed by atoms with van der Waals surface area (Å²) in [5.74, 6) is -1.82. The average Bonchev–Trinajstić information content (AvgIpc) is 3.02. The van der Waals surface area contributed by atoms with Gasteiger partial charge in [0.25, 0.3) is 0 Å². The Bertz CT molecular complexity index is 1310. The van der Waals surface area contributed by atoms with Crippen LogP contribution in [0.2, 0.25) is 0 Å². The summed E-state index contributed by atoms with van der Waals surface area (Å²) in [7, 11) is -14.6. The van der Waals surface area contributed by atoms with Crippen LogP contribution in [0.5, 0.6) is 0 Å². The predicted octanol–water partition coefficient (Wildman–Crippen LogP) is 9.33. The lowest BCUT2D eigenvalue weighted by atomic mass is 10.0. The molecule has 0 aliphatic rings. The standard InChI is InChI=1S/C34H58I4O8S4/c35-17-9-1-5-13-21-47(39,40)27-31-25-33(29-49(43,44)23-15-7-3-11-19-37)34(30-50(45,46)24-16-8-4-12-20-38)26-32(31)28-48(41,42)22-14-6-2-10-18-36/h25-26H,1-24,27-30H2. The second-order valence-electron chi connectivity index (χ2n) is 13.2. The van der Waals surface area contributed by atoms with Crippen molar-refractivity contribution in [3.63, 3.8) is 0 Å². The molecule has 294 valence electrons. The zero-order chi connectivity index (χ0) is 37.5. The Morgan fingerprint density at radius 1 is 0.300 bits per heavy atom. The minimum absolute atomic E-state index is 0.0458. The number of halogens is 4. The average molecular weight is 1230 g/mol. The highest BCUT2D eigenvalue weighted by atomic mass is 127. The van der Waals surface area contributed by atoms with E-state index in [1.54, 1.807) is 0 Å². The molecule has 0 saturated carbocycles. The summed E-state index contributed by atoms with van der Waals surface area (Å²) in [5, 5.41) is 0. The number of sulfone groups is 4. The van der Waals surface area contributed by atoms with Crippen LogP contribution in [0, 0.1) is 0 Å². The predicted molar refractivity (Wildman–Crippen MR) is 246 cm³/mol. The van der Waals surface area contributed by atoms with Gasteiger partial charge in [-0.1, -0.05) is 154 Å². The second kappa shape index (κ2) is 27.5. The van der Waals surface area contributed by atoms with Crippen LogP contribution < -0.4 is 0 Å². The summed E-state index contributed by atoms with van der Waals surface area (Å²) >= 11 is 9.18. The first kappa shape index (κ1) is 50.0. The van der Waals surface area contributed by atoms with Crippen LogP contribution in [-0.4, -0.2) is 74.4 Å². The van der Waals surface area contributed by atoms with E-state index >= 15 is 0 Å². The third kappa shape index (κ3) is 24.5. The van der Waals surface area contributed by atoms with Gasteiger partial charge in [0, 0.05) is 0 Å². The van der Waals surface area contributed by atoms with E-state index in [2.05, 4.69) is 90.4 Å². The van der Waals surface area contributed by atoms with Gasteiger partial charge in [-0.2, -0.15) is 0 Å². The zero-order valence-corrected chi connectivity index (χ0v) is 41.3. The van der Waals surface area contributed by atoms with Crippen molar-refractivity contribution >= 4 is 130 Å². The van der Waals surface area contributed by atoms with Gasteiger partial charge < -0.3 is 0 Å². The first-order chi connectivity index (χ1) is 23.6. The number of benzene rings is 1. The van der Waals surface area contributed by atoms with Gasteiger partial charge in [-0.15, -0.1) is 0 Å². The Balaban J connectivity index is 3.57. The molecule has 0 spiro atoms. The molecule has 0 aliphatic carbocycles. The first-order valence-electron chi connectivity index (χ1n) is 17.8. The molecule has 0 aromatic heterocycles. The lowest BCUT2D eigenvalue weighted by Gasteiger charge is -2.18. The Labute approximate surface area is 359 Å². The number of unbranched alkanes of at least 4 members (excludes halogenated alkanes) is 12. The molecule has 0 aliphatic heterocycles. The minimum Gasteiger partial charge on any atom is -0.228 e. The summed E-state index contributed by atoms with van der Waals surface area (Å²) in [4.78, 5) is 0. The molecular formula is C34H58I4O8S4. The summed E-state index contributed by atoms with van der Waals surface area (Å²) in [5.41, 5.74) is 1.05. The van der Waals surface area contributed by atoms with Crippen molar-refractivity contribution in [2.45, 2.75) is 126 Å². The monoisotopic (exact) mass is 1230 g/mol. The fourth-order valence-electron chi connectivity index (χ4n) is 5.65. The minimum atomic E-state index is -3.64. The molecule has 0 atom stereocenters. The Morgan fingerprint density at radius 3 is 0.660 bits per heavy atom. The SMILES string of the molecule is O=S(=O)(CCCCCCI)Cc1cc(CS(=O)(=O)CCCCCCI)c(CS(=O)(=O)CCCCCCI)cc1CS(=O)(=O)CCCCCCI. The third-order valence-electron chi connectivity index (χ3n) is 8.38. The van der Waals surface area contributed by atoms with Crippen LogP contribution in [0.15, 0.2) is 12.1 Å². The first-order valence-corrected chi connectivity index (χ1v) is 31.2. The van der Waals surface area contributed by atoms with E-state index in [1.807, 2.05) is 0 Å². The van der Waals surface area contributed by atoms with E-state index in [9.17, 15) is 33.7 Å². The van der Waals surface area contributed by atoms with E-state index in [0.717, 1.165) is 94.8 Å². The number of hydrogen-bond donors (Lipinski definition) is 0.